The second kappa shape index (κ2) is 7.75. The molecule has 0 atom stereocenters. The van der Waals surface area contributed by atoms with Gasteiger partial charge in [-0.2, -0.15) is 4.98 Å². The van der Waals surface area contributed by atoms with E-state index in [4.69, 9.17) is 9.72 Å². The van der Waals surface area contributed by atoms with Crippen molar-refractivity contribution in [3.63, 3.8) is 0 Å². The third-order valence-corrected chi connectivity index (χ3v) is 5.80. The van der Waals surface area contributed by atoms with Crippen molar-refractivity contribution in [3.8, 4) is 0 Å². The van der Waals surface area contributed by atoms with Crippen molar-refractivity contribution in [2.24, 2.45) is 0 Å². The molecule has 7 nitrogen and oxygen atoms in total. The molecule has 1 saturated heterocycles. The van der Waals surface area contributed by atoms with Gasteiger partial charge in [-0.25, -0.2) is 9.97 Å². The number of nitrogens with one attached hydrogen (secondary N) is 2. The van der Waals surface area contributed by atoms with Crippen LogP contribution in [0.2, 0.25) is 0 Å². The van der Waals surface area contributed by atoms with E-state index in [1.807, 2.05) is 0 Å². The molecule has 3 aromatic rings. The van der Waals surface area contributed by atoms with Gasteiger partial charge in [0.25, 0.3) is 0 Å². The number of aromatic nitrogens is 4. The summed E-state index contributed by atoms with van der Waals surface area (Å²) in [5.74, 6) is 1.11. The molecule has 2 N–H and O–H groups in total. The van der Waals surface area contributed by atoms with E-state index in [0.29, 0.717) is 11.9 Å². The van der Waals surface area contributed by atoms with Gasteiger partial charge in [0.1, 0.15) is 5.52 Å². The highest BCUT2D eigenvalue weighted by atomic mass is 16.5. The molecule has 5 rings (SSSR count). The molecule has 0 amide bonds. The predicted molar refractivity (Wildman–Crippen MR) is 110 cm³/mol. The smallest absolute Gasteiger partial charge is 0.229 e. The van der Waals surface area contributed by atoms with Crippen molar-refractivity contribution in [3.05, 3.63) is 36.3 Å². The molecular weight excluding hydrogens is 352 g/mol. The summed E-state index contributed by atoms with van der Waals surface area (Å²) in [6.07, 6.45) is 7.95. The third-order valence-electron chi connectivity index (χ3n) is 5.80. The third kappa shape index (κ3) is 3.54. The normalized spacial score (nSPS) is 18.5. The standard InChI is InChI=1S/C21H26N6O/c1-2-4-15(5-3-1)18-19-20(23-14-22-19)26-21(25-18)24-16-6-8-17(9-7-16)27-10-12-28-13-11-27/h6-9,14-15H,1-5,10-13H2,(H2,22,23,24,25,26). The molecule has 1 aliphatic carbocycles. The van der Waals surface area contributed by atoms with E-state index in [-0.39, 0.29) is 0 Å². The Bertz CT molecular complexity index is 926. The highest BCUT2D eigenvalue weighted by Gasteiger charge is 2.22. The van der Waals surface area contributed by atoms with Crippen LogP contribution in [0.25, 0.3) is 11.2 Å². The van der Waals surface area contributed by atoms with Gasteiger partial charge in [-0.1, -0.05) is 19.3 Å². The van der Waals surface area contributed by atoms with E-state index in [1.165, 1.54) is 37.8 Å². The zero-order valence-corrected chi connectivity index (χ0v) is 16.0. The van der Waals surface area contributed by atoms with Crippen molar-refractivity contribution in [1.82, 2.24) is 19.9 Å². The van der Waals surface area contributed by atoms with Crippen LogP contribution in [0.15, 0.2) is 30.6 Å². The fraction of sp³-hybridized carbons (Fsp3) is 0.476. The molecule has 1 aromatic carbocycles. The number of imidazole rings is 1. The largest absolute Gasteiger partial charge is 0.378 e. The number of aromatic amines is 1. The Morgan fingerprint density at radius 1 is 1.00 bits per heavy atom. The van der Waals surface area contributed by atoms with Crippen LogP contribution < -0.4 is 10.2 Å². The molecule has 2 aromatic heterocycles. The average Bonchev–Trinajstić information content (AvgIpc) is 3.24. The number of hydrogen-bond donors (Lipinski definition) is 2. The molecule has 3 heterocycles. The Morgan fingerprint density at radius 3 is 2.57 bits per heavy atom. The highest BCUT2D eigenvalue weighted by Crippen LogP contribution is 2.35. The van der Waals surface area contributed by atoms with Crippen molar-refractivity contribution in [1.29, 1.82) is 0 Å². The number of anilines is 3. The maximum Gasteiger partial charge on any atom is 0.229 e. The van der Waals surface area contributed by atoms with E-state index in [0.717, 1.165) is 48.8 Å². The number of hydrogen-bond acceptors (Lipinski definition) is 6. The number of fused-ring (bicyclic) bond motifs is 1. The van der Waals surface area contributed by atoms with Gasteiger partial charge in [-0.05, 0) is 37.1 Å². The minimum atomic E-state index is 0.479. The summed E-state index contributed by atoms with van der Waals surface area (Å²) in [7, 11) is 0. The molecular formula is C21H26N6O. The molecule has 146 valence electrons. The molecule has 7 heteroatoms. The zero-order chi connectivity index (χ0) is 18.8. The van der Waals surface area contributed by atoms with Gasteiger partial charge >= 0.3 is 0 Å². The lowest BCUT2D eigenvalue weighted by Gasteiger charge is -2.28. The van der Waals surface area contributed by atoms with Gasteiger partial charge in [-0.3, -0.25) is 0 Å². The number of rotatable bonds is 4. The number of H-pyrrole nitrogens is 1. The predicted octanol–water partition coefficient (Wildman–Crippen LogP) is 3.98. The van der Waals surface area contributed by atoms with Crippen LogP contribution in [0.3, 0.4) is 0 Å². The summed E-state index contributed by atoms with van der Waals surface area (Å²) in [5, 5.41) is 3.38. The van der Waals surface area contributed by atoms with Crippen LogP contribution in [-0.2, 0) is 4.74 Å². The SMILES string of the molecule is c1nc2c(C3CCCCC3)nc(Nc3ccc(N4CCOCC4)cc3)nc2[nH]1. The number of ether oxygens (including phenoxy) is 1. The molecule has 0 bridgehead atoms. The number of nitrogens with zero attached hydrogens (tertiary/aromatic N) is 4. The highest BCUT2D eigenvalue weighted by molar-refractivity contribution is 5.75. The molecule has 0 unspecified atom stereocenters. The second-order valence-electron chi connectivity index (χ2n) is 7.64. The van der Waals surface area contributed by atoms with Gasteiger partial charge in [0.15, 0.2) is 5.65 Å². The molecule has 1 saturated carbocycles. The van der Waals surface area contributed by atoms with Gasteiger partial charge in [-0.15, -0.1) is 0 Å². The van der Waals surface area contributed by atoms with Gasteiger partial charge in [0.2, 0.25) is 5.95 Å². The zero-order valence-electron chi connectivity index (χ0n) is 16.0. The van der Waals surface area contributed by atoms with Crippen molar-refractivity contribution >= 4 is 28.5 Å². The van der Waals surface area contributed by atoms with Gasteiger partial charge < -0.3 is 19.9 Å². The molecule has 28 heavy (non-hydrogen) atoms. The van der Waals surface area contributed by atoms with Crippen LogP contribution in [0.5, 0.6) is 0 Å². The number of benzene rings is 1. The Hall–Kier alpha value is -2.67. The van der Waals surface area contributed by atoms with E-state index in [1.54, 1.807) is 6.33 Å². The lowest BCUT2D eigenvalue weighted by Crippen LogP contribution is -2.36. The summed E-state index contributed by atoms with van der Waals surface area (Å²) in [6, 6.07) is 8.46. The summed E-state index contributed by atoms with van der Waals surface area (Å²) in [4.78, 5) is 19.5. The van der Waals surface area contributed by atoms with Crippen LogP contribution in [0, 0.1) is 0 Å². The first-order chi connectivity index (χ1) is 13.9. The Balaban J connectivity index is 1.38. The summed E-state index contributed by atoms with van der Waals surface area (Å²) in [5.41, 5.74) is 5.02. The van der Waals surface area contributed by atoms with Crippen molar-refractivity contribution in [2.45, 2.75) is 38.0 Å². The lowest BCUT2D eigenvalue weighted by molar-refractivity contribution is 0.122. The number of morpholine rings is 1. The van der Waals surface area contributed by atoms with E-state index >= 15 is 0 Å². The van der Waals surface area contributed by atoms with E-state index in [9.17, 15) is 0 Å². The lowest BCUT2D eigenvalue weighted by atomic mass is 9.86. The molecule has 1 aliphatic heterocycles. The maximum absolute atomic E-state index is 5.43. The summed E-state index contributed by atoms with van der Waals surface area (Å²) >= 11 is 0. The first-order valence-corrected chi connectivity index (χ1v) is 10.3. The minimum absolute atomic E-state index is 0.479. The van der Waals surface area contributed by atoms with Gasteiger partial charge in [0, 0.05) is 30.4 Å². The van der Waals surface area contributed by atoms with Crippen LogP contribution in [0.1, 0.15) is 43.7 Å². The Kier molecular flexibility index (Phi) is 4.83. The fourth-order valence-electron chi connectivity index (χ4n) is 4.28. The Labute approximate surface area is 164 Å². The minimum Gasteiger partial charge on any atom is -0.378 e. The first kappa shape index (κ1) is 17.4. The molecule has 2 aliphatic rings. The molecule has 0 radical (unpaired) electrons. The summed E-state index contributed by atoms with van der Waals surface area (Å²) < 4.78 is 5.43. The maximum atomic E-state index is 5.43. The van der Waals surface area contributed by atoms with Gasteiger partial charge in [0.05, 0.1) is 25.2 Å². The van der Waals surface area contributed by atoms with Crippen molar-refractivity contribution in [2.75, 3.05) is 36.5 Å². The van der Waals surface area contributed by atoms with Crippen molar-refractivity contribution < 1.29 is 4.74 Å². The average molecular weight is 378 g/mol. The topological polar surface area (TPSA) is 79.0 Å². The monoisotopic (exact) mass is 378 g/mol. The van der Waals surface area contributed by atoms with E-state index in [2.05, 4.69) is 49.4 Å². The summed E-state index contributed by atoms with van der Waals surface area (Å²) in [6.45, 7) is 3.47. The first-order valence-electron chi connectivity index (χ1n) is 10.3. The fourth-order valence-corrected chi connectivity index (χ4v) is 4.28. The van der Waals surface area contributed by atoms with E-state index < -0.39 is 0 Å². The molecule has 0 spiro atoms. The van der Waals surface area contributed by atoms with Crippen LogP contribution >= 0.6 is 0 Å². The van der Waals surface area contributed by atoms with Crippen LogP contribution in [-0.4, -0.2) is 46.2 Å². The quantitative estimate of drug-likeness (QED) is 0.715. The Morgan fingerprint density at radius 2 is 1.79 bits per heavy atom. The van der Waals surface area contributed by atoms with Crippen LogP contribution in [0.4, 0.5) is 17.3 Å². The molecule has 2 fully saturated rings. The second-order valence-corrected chi connectivity index (χ2v) is 7.64.